The zero-order valence-electron chi connectivity index (χ0n) is 13.4. The van der Waals surface area contributed by atoms with Gasteiger partial charge in [-0.05, 0) is 24.6 Å². The average Bonchev–Trinajstić information content (AvgIpc) is 3.13. The van der Waals surface area contributed by atoms with Crippen LogP contribution in [0.5, 0.6) is 0 Å². The van der Waals surface area contributed by atoms with Crippen molar-refractivity contribution in [3.8, 4) is 0 Å². The second-order valence-corrected chi connectivity index (χ2v) is 7.10. The Labute approximate surface area is 143 Å². The molecular weight excluding hydrogens is 329 g/mol. The minimum atomic E-state index is -0.415. The SMILES string of the molecule is Cc1nc(Cc2ccc(F)cc2)sc1C(=O)NCC1CNCC1O. The molecule has 0 saturated carbocycles. The van der Waals surface area contributed by atoms with E-state index in [4.69, 9.17) is 0 Å². The van der Waals surface area contributed by atoms with Crippen molar-refractivity contribution in [1.82, 2.24) is 15.6 Å². The van der Waals surface area contributed by atoms with Crippen LogP contribution < -0.4 is 10.6 Å². The molecule has 1 aromatic heterocycles. The lowest BCUT2D eigenvalue weighted by atomic mass is 10.1. The van der Waals surface area contributed by atoms with E-state index >= 15 is 0 Å². The predicted octanol–water partition coefficient (Wildman–Crippen LogP) is 1.49. The summed E-state index contributed by atoms with van der Waals surface area (Å²) in [4.78, 5) is 17.4. The monoisotopic (exact) mass is 349 g/mol. The van der Waals surface area contributed by atoms with Gasteiger partial charge in [-0.1, -0.05) is 12.1 Å². The molecule has 2 heterocycles. The van der Waals surface area contributed by atoms with Crippen molar-refractivity contribution in [2.24, 2.45) is 5.92 Å². The number of rotatable bonds is 5. The van der Waals surface area contributed by atoms with E-state index in [2.05, 4.69) is 15.6 Å². The number of nitrogens with zero attached hydrogens (tertiary/aromatic N) is 1. The van der Waals surface area contributed by atoms with Crippen molar-refractivity contribution in [2.75, 3.05) is 19.6 Å². The van der Waals surface area contributed by atoms with Gasteiger partial charge >= 0.3 is 0 Å². The highest BCUT2D eigenvalue weighted by Crippen LogP contribution is 2.21. The summed E-state index contributed by atoms with van der Waals surface area (Å²) in [5.74, 6) is -0.381. The van der Waals surface area contributed by atoms with Crippen molar-refractivity contribution < 1.29 is 14.3 Å². The number of aliphatic hydroxyl groups excluding tert-OH is 1. The number of hydrogen-bond donors (Lipinski definition) is 3. The first-order valence-corrected chi connectivity index (χ1v) is 8.72. The highest BCUT2D eigenvalue weighted by molar-refractivity contribution is 7.13. The molecule has 3 N–H and O–H groups in total. The summed E-state index contributed by atoms with van der Waals surface area (Å²) in [6.45, 7) is 3.53. The molecule has 24 heavy (non-hydrogen) atoms. The van der Waals surface area contributed by atoms with E-state index < -0.39 is 6.10 Å². The van der Waals surface area contributed by atoms with E-state index in [1.807, 2.05) is 6.92 Å². The third kappa shape index (κ3) is 3.98. The lowest BCUT2D eigenvalue weighted by Crippen LogP contribution is -2.34. The molecule has 5 nitrogen and oxygen atoms in total. The van der Waals surface area contributed by atoms with Crippen molar-refractivity contribution in [1.29, 1.82) is 0 Å². The van der Waals surface area contributed by atoms with Gasteiger partial charge < -0.3 is 15.7 Å². The molecule has 1 aromatic carbocycles. The van der Waals surface area contributed by atoms with Crippen LogP contribution >= 0.6 is 11.3 Å². The smallest absolute Gasteiger partial charge is 0.263 e. The molecule has 0 bridgehead atoms. The highest BCUT2D eigenvalue weighted by Gasteiger charge is 2.25. The van der Waals surface area contributed by atoms with E-state index in [0.717, 1.165) is 10.6 Å². The number of aromatic nitrogens is 1. The second-order valence-electron chi connectivity index (χ2n) is 6.02. The Morgan fingerprint density at radius 3 is 2.83 bits per heavy atom. The standard InChI is InChI=1S/C17H20FN3O2S/c1-10-16(17(23)20-8-12-7-19-9-14(12)22)24-15(21-10)6-11-2-4-13(18)5-3-11/h2-5,12,14,19,22H,6-9H2,1H3,(H,20,23). The Kier molecular flexibility index (Phi) is 5.23. The number of benzene rings is 1. The van der Waals surface area contributed by atoms with E-state index in [9.17, 15) is 14.3 Å². The van der Waals surface area contributed by atoms with Crippen LogP contribution in [0.2, 0.25) is 0 Å². The van der Waals surface area contributed by atoms with Crippen LogP contribution in [0, 0.1) is 18.7 Å². The molecule has 0 spiro atoms. The molecule has 2 aromatic rings. The predicted molar refractivity (Wildman–Crippen MR) is 90.8 cm³/mol. The number of aliphatic hydroxyl groups is 1. The van der Waals surface area contributed by atoms with Gasteiger partial charge in [-0.25, -0.2) is 9.37 Å². The van der Waals surface area contributed by atoms with Crippen molar-refractivity contribution in [3.63, 3.8) is 0 Å². The van der Waals surface area contributed by atoms with Gasteiger partial charge in [0.05, 0.1) is 16.8 Å². The summed E-state index contributed by atoms with van der Waals surface area (Å²) in [5.41, 5.74) is 1.65. The van der Waals surface area contributed by atoms with Crippen LogP contribution in [0.3, 0.4) is 0 Å². The summed E-state index contributed by atoms with van der Waals surface area (Å²) in [7, 11) is 0. The van der Waals surface area contributed by atoms with Gasteiger partial charge in [0.15, 0.2) is 0 Å². The van der Waals surface area contributed by atoms with E-state index in [1.165, 1.54) is 23.5 Å². The van der Waals surface area contributed by atoms with Gasteiger partial charge in [0.25, 0.3) is 5.91 Å². The van der Waals surface area contributed by atoms with E-state index in [0.29, 0.717) is 36.6 Å². The van der Waals surface area contributed by atoms with Crippen molar-refractivity contribution in [3.05, 3.63) is 51.2 Å². The number of amides is 1. The summed E-state index contributed by atoms with van der Waals surface area (Å²) in [5, 5.41) is 16.6. The van der Waals surface area contributed by atoms with Gasteiger partial charge in [-0.3, -0.25) is 4.79 Å². The summed E-state index contributed by atoms with van der Waals surface area (Å²) >= 11 is 1.35. The summed E-state index contributed by atoms with van der Waals surface area (Å²) < 4.78 is 13.0. The van der Waals surface area contributed by atoms with Crippen LogP contribution in [-0.2, 0) is 6.42 Å². The fourth-order valence-corrected chi connectivity index (χ4v) is 3.76. The summed E-state index contributed by atoms with van der Waals surface area (Å²) in [6.07, 6.45) is 0.159. The number of carbonyl (C=O) groups excluding carboxylic acids is 1. The molecule has 7 heteroatoms. The molecule has 1 aliphatic heterocycles. The first kappa shape index (κ1) is 17.0. The first-order valence-electron chi connectivity index (χ1n) is 7.90. The Bertz CT molecular complexity index is 717. The molecule has 128 valence electrons. The quantitative estimate of drug-likeness (QED) is 0.765. The van der Waals surface area contributed by atoms with Gasteiger partial charge in [-0.15, -0.1) is 11.3 Å². The lowest BCUT2D eigenvalue weighted by molar-refractivity contribution is 0.0930. The Hall–Kier alpha value is -1.83. The Morgan fingerprint density at radius 2 is 2.17 bits per heavy atom. The fraction of sp³-hybridized carbons (Fsp3) is 0.412. The lowest BCUT2D eigenvalue weighted by Gasteiger charge is -2.13. The van der Waals surface area contributed by atoms with Gasteiger partial charge in [0.1, 0.15) is 10.7 Å². The normalized spacial score (nSPS) is 20.3. The number of halogens is 1. The van der Waals surface area contributed by atoms with Gasteiger partial charge in [-0.2, -0.15) is 0 Å². The molecular formula is C17H20FN3O2S. The third-order valence-electron chi connectivity index (χ3n) is 4.14. The van der Waals surface area contributed by atoms with Gasteiger partial charge in [0, 0.05) is 32.0 Å². The molecule has 0 radical (unpaired) electrons. The minimum Gasteiger partial charge on any atom is -0.391 e. The largest absolute Gasteiger partial charge is 0.391 e. The van der Waals surface area contributed by atoms with E-state index in [-0.39, 0.29) is 17.6 Å². The molecule has 1 fully saturated rings. The zero-order valence-corrected chi connectivity index (χ0v) is 14.2. The molecule has 0 aliphatic carbocycles. The topological polar surface area (TPSA) is 74.2 Å². The molecule has 2 unspecified atom stereocenters. The first-order chi connectivity index (χ1) is 11.5. The average molecular weight is 349 g/mol. The maximum absolute atomic E-state index is 13.0. The number of nitrogens with one attached hydrogen (secondary N) is 2. The Balaban J connectivity index is 1.62. The third-order valence-corrected chi connectivity index (χ3v) is 5.30. The molecule has 1 amide bonds. The maximum atomic E-state index is 13.0. The Morgan fingerprint density at radius 1 is 1.42 bits per heavy atom. The number of hydrogen-bond acceptors (Lipinski definition) is 5. The fourth-order valence-electron chi connectivity index (χ4n) is 2.75. The number of carbonyl (C=O) groups is 1. The van der Waals surface area contributed by atoms with Crippen LogP contribution in [0.1, 0.15) is 25.9 Å². The highest BCUT2D eigenvalue weighted by atomic mass is 32.1. The zero-order chi connectivity index (χ0) is 17.1. The van der Waals surface area contributed by atoms with Gasteiger partial charge in [0.2, 0.25) is 0 Å². The maximum Gasteiger partial charge on any atom is 0.263 e. The molecule has 1 saturated heterocycles. The second kappa shape index (κ2) is 7.38. The number of aryl methyl sites for hydroxylation is 1. The number of β-amino-alcohol motifs (C(OH)–C–C–N with tert-alkyl or cyclic N) is 1. The van der Waals surface area contributed by atoms with Crippen molar-refractivity contribution >= 4 is 17.2 Å². The van der Waals surface area contributed by atoms with Crippen molar-refractivity contribution in [2.45, 2.75) is 19.4 Å². The van der Waals surface area contributed by atoms with Crippen LogP contribution in [0.25, 0.3) is 0 Å². The minimum absolute atomic E-state index is 0.0425. The summed E-state index contributed by atoms with van der Waals surface area (Å²) in [6, 6.07) is 6.29. The number of thiazole rings is 1. The van der Waals surface area contributed by atoms with E-state index in [1.54, 1.807) is 12.1 Å². The molecule has 1 aliphatic rings. The van der Waals surface area contributed by atoms with Crippen LogP contribution in [0.15, 0.2) is 24.3 Å². The van der Waals surface area contributed by atoms with Crippen LogP contribution in [0.4, 0.5) is 4.39 Å². The molecule has 2 atom stereocenters. The van der Waals surface area contributed by atoms with Crippen LogP contribution in [-0.4, -0.2) is 41.7 Å². The molecule has 3 rings (SSSR count).